The third-order valence-corrected chi connectivity index (χ3v) is 6.67. The minimum absolute atomic E-state index is 0.210. The van der Waals surface area contributed by atoms with Crippen LogP contribution < -0.4 is 10.2 Å². The number of aromatic nitrogens is 1. The number of oxazole rings is 1. The number of piperidine rings is 1. The number of hydrogen-bond acceptors (Lipinski definition) is 4. The van der Waals surface area contributed by atoms with Gasteiger partial charge in [0.05, 0.1) is 0 Å². The highest BCUT2D eigenvalue weighted by Gasteiger charge is 2.39. The van der Waals surface area contributed by atoms with Gasteiger partial charge in [0.15, 0.2) is 5.58 Å². The minimum atomic E-state index is 0.210. The molecule has 2 fully saturated rings. The van der Waals surface area contributed by atoms with E-state index in [1.807, 2.05) is 18.2 Å². The molecule has 0 unspecified atom stereocenters. The highest BCUT2D eigenvalue weighted by Crippen LogP contribution is 2.45. The number of carbonyl (C=O) groups excluding carboxylic acids is 1. The minimum Gasteiger partial charge on any atom is -0.423 e. The summed E-state index contributed by atoms with van der Waals surface area (Å²) >= 11 is 6.06. The van der Waals surface area contributed by atoms with Crippen molar-refractivity contribution in [3.05, 3.63) is 23.2 Å². The van der Waals surface area contributed by atoms with Crippen LogP contribution in [0, 0.1) is 11.3 Å². The van der Waals surface area contributed by atoms with Crippen molar-refractivity contribution in [3.63, 3.8) is 0 Å². The Morgan fingerprint density at radius 2 is 2.00 bits per heavy atom. The van der Waals surface area contributed by atoms with Gasteiger partial charge in [-0.3, -0.25) is 4.79 Å². The van der Waals surface area contributed by atoms with E-state index in [4.69, 9.17) is 16.0 Å². The molecule has 0 radical (unpaired) electrons. The zero-order valence-electron chi connectivity index (χ0n) is 16.8. The molecule has 1 aromatic carbocycles. The summed E-state index contributed by atoms with van der Waals surface area (Å²) in [6.45, 7) is 6.14. The smallest absolute Gasteiger partial charge is 0.298 e. The molecule has 1 N–H and O–H groups in total. The van der Waals surface area contributed by atoms with Gasteiger partial charge in [0.2, 0.25) is 5.91 Å². The van der Waals surface area contributed by atoms with E-state index in [0.29, 0.717) is 34.8 Å². The van der Waals surface area contributed by atoms with E-state index in [1.165, 1.54) is 25.7 Å². The maximum absolute atomic E-state index is 12.0. The first kappa shape index (κ1) is 19.6. The SMILES string of the molecule is CC(C)CC(=O)NC1CCC2(CC1)CCN(c1nc3cc(Cl)ccc3o1)CC2. The van der Waals surface area contributed by atoms with Crippen LogP contribution in [0.2, 0.25) is 5.02 Å². The molecule has 1 aliphatic heterocycles. The molecule has 2 heterocycles. The molecule has 1 aliphatic carbocycles. The number of nitrogens with zero attached hydrogens (tertiary/aromatic N) is 2. The van der Waals surface area contributed by atoms with E-state index in [0.717, 1.165) is 37.0 Å². The molecule has 1 amide bonds. The van der Waals surface area contributed by atoms with Gasteiger partial charge in [0.25, 0.3) is 6.01 Å². The Hall–Kier alpha value is -1.75. The Morgan fingerprint density at radius 1 is 1.29 bits per heavy atom. The Morgan fingerprint density at radius 3 is 2.68 bits per heavy atom. The van der Waals surface area contributed by atoms with E-state index in [9.17, 15) is 4.79 Å². The number of rotatable bonds is 4. The van der Waals surface area contributed by atoms with Crippen LogP contribution in [0.1, 0.15) is 58.8 Å². The van der Waals surface area contributed by atoms with Gasteiger partial charge in [0, 0.05) is 30.6 Å². The highest BCUT2D eigenvalue weighted by molar-refractivity contribution is 6.31. The van der Waals surface area contributed by atoms with Gasteiger partial charge in [-0.15, -0.1) is 0 Å². The van der Waals surface area contributed by atoms with Crippen LogP contribution >= 0.6 is 11.6 Å². The van der Waals surface area contributed by atoms with Crippen LogP contribution in [0.15, 0.2) is 22.6 Å². The topological polar surface area (TPSA) is 58.4 Å². The second kappa shape index (κ2) is 7.94. The number of anilines is 1. The van der Waals surface area contributed by atoms with Crippen molar-refractivity contribution in [2.45, 2.75) is 64.8 Å². The number of hydrogen-bond donors (Lipinski definition) is 1. The van der Waals surface area contributed by atoms with E-state index in [2.05, 4.69) is 29.0 Å². The van der Waals surface area contributed by atoms with E-state index in [-0.39, 0.29) is 5.91 Å². The molecular formula is C22H30ClN3O2. The third kappa shape index (κ3) is 4.29. The highest BCUT2D eigenvalue weighted by atomic mass is 35.5. The Labute approximate surface area is 171 Å². The van der Waals surface area contributed by atoms with Crippen molar-refractivity contribution in [2.75, 3.05) is 18.0 Å². The standard InChI is InChI=1S/C22H30ClN3O2/c1-15(2)13-20(27)24-17-5-7-22(8-6-17)9-11-26(12-10-22)21-25-18-14-16(23)3-4-19(18)28-21/h3-4,14-15,17H,5-13H2,1-2H3,(H,24,27). The molecule has 152 valence electrons. The molecule has 6 heteroatoms. The van der Waals surface area contributed by atoms with Crippen molar-refractivity contribution in [3.8, 4) is 0 Å². The Balaban J connectivity index is 1.31. The summed E-state index contributed by atoms with van der Waals surface area (Å²) in [5.41, 5.74) is 2.03. The molecule has 1 saturated carbocycles. The van der Waals surface area contributed by atoms with Crippen LogP contribution in [0.4, 0.5) is 6.01 Å². The normalized spacial score (nSPS) is 20.2. The zero-order valence-corrected chi connectivity index (χ0v) is 17.6. The Bertz CT molecular complexity index is 829. The van der Waals surface area contributed by atoms with E-state index >= 15 is 0 Å². The van der Waals surface area contributed by atoms with Crippen molar-refractivity contribution in [1.82, 2.24) is 10.3 Å². The maximum atomic E-state index is 12.0. The maximum Gasteiger partial charge on any atom is 0.298 e. The van der Waals surface area contributed by atoms with Crippen molar-refractivity contribution >= 4 is 34.6 Å². The fourth-order valence-corrected chi connectivity index (χ4v) is 4.89. The molecular weight excluding hydrogens is 374 g/mol. The molecule has 1 aromatic heterocycles. The lowest BCUT2D eigenvalue weighted by Gasteiger charge is -2.45. The molecule has 2 aromatic rings. The largest absolute Gasteiger partial charge is 0.423 e. The van der Waals surface area contributed by atoms with Gasteiger partial charge in [-0.2, -0.15) is 4.98 Å². The second-order valence-electron chi connectivity index (χ2n) is 9.04. The molecule has 28 heavy (non-hydrogen) atoms. The van der Waals surface area contributed by atoms with Gasteiger partial charge >= 0.3 is 0 Å². The first-order valence-corrected chi connectivity index (χ1v) is 10.9. The first-order valence-electron chi connectivity index (χ1n) is 10.5. The molecule has 0 atom stereocenters. The number of fused-ring (bicyclic) bond motifs is 1. The molecule has 5 nitrogen and oxygen atoms in total. The number of carbonyl (C=O) groups is 1. The molecule has 1 saturated heterocycles. The summed E-state index contributed by atoms with van der Waals surface area (Å²) in [7, 11) is 0. The fraction of sp³-hybridized carbons (Fsp3) is 0.636. The van der Waals surface area contributed by atoms with Gasteiger partial charge in [-0.05, 0) is 68.1 Å². The van der Waals surface area contributed by atoms with Gasteiger partial charge in [-0.1, -0.05) is 25.4 Å². The number of benzene rings is 1. The lowest BCUT2D eigenvalue weighted by molar-refractivity contribution is -0.122. The summed E-state index contributed by atoms with van der Waals surface area (Å²) in [6.07, 6.45) is 7.58. The summed E-state index contributed by atoms with van der Waals surface area (Å²) in [5.74, 6) is 0.629. The van der Waals surface area contributed by atoms with Crippen LogP contribution in [0.25, 0.3) is 11.1 Å². The third-order valence-electron chi connectivity index (χ3n) is 6.44. The first-order chi connectivity index (χ1) is 13.4. The predicted octanol–water partition coefficient (Wildman–Crippen LogP) is 5.17. The van der Waals surface area contributed by atoms with Crippen LogP contribution in [-0.4, -0.2) is 30.0 Å². The molecule has 0 bridgehead atoms. The van der Waals surface area contributed by atoms with Crippen molar-refractivity contribution in [1.29, 1.82) is 0 Å². The molecule has 4 rings (SSSR count). The van der Waals surface area contributed by atoms with Crippen molar-refractivity contribution in [2.24, 2.45) is 11.3 Å². The monoisotopic (exact) mass is 403 g/mol. The van der Waals surface area contributed by atoms with Gasteiger partial charge in [0.1, 0.15) is 5.52 Å². The summed E-state index contributed by atoms with van der Waals surface area (Å²) in [4.78, 5) is 18.9. The fourth-order valence-electron chi connectivity index (χ4n) is 4.73. The second-order valence-corrected chi connectivity index (χ2v) is 9.47. The van der Waals surface area contributed by atoms with Crippen LogP contribution in [0.5, 0.6) is 0 Å². The van der Waals surface area contributed by atoms with Crippen LogP contribution in [-0.2, 0) is 4.79 Å². The van der Waals surface area contributed by atoms with E-state index < -0.39 is 0 Å². The molecule has 2 aliphatic rings. The summed E-state index contributed by atoms with van der Waals surface area (Å²) < 4.78 is 5.94. The lowest BCUT2D eigenvalue weighted by atomic mass is 9.67. The quantitative estimate of drug-likeness (QED) is 0.764. The molecule has 1 spiro atoms. The number of amides is 1. The Kier molecular flexibility index (Phi) is 5.55. The average molecular weight is 404 g/mol. The zero-order chi connectivity index (χ0) is 19.7. The number of halogens is 1. The van der Waals surface area contributed by atoms with E-state index in [1.54, 1.807) is 0 Å². The summed E-state index contributed by atoms with van der Waals surface area (Å²) in [5, 5.41) is 3.92. The van der Waals surface area contributed by atoms with Gasteiger partial charge < -0.3 is 14.6 Å². The lowest BCUT2D eigenvalue weighted by Crippen LogP contribution is -2.46. The number of nitrogens with one attached hydrogen (secondary N) is 1. The average Bonchev–Trinajstić information content (AvgIpc) is 3.07. The van der Waals surface area contributed by atoms with Crippen molar-refractivity contribution < 1.29 is 9.21 Å². The predicted molar refractivity (Wildman–Crippen MR) is 113 cm³/mol. The summed E-state index contributed by atoms with van der Waals surface area (Å²) in [6, 6.07) is 6.64. The van der Waals surface area contributed by atoms with Crippen LogP contribution in [0.3, 0.4) is 0 Å². The van der Waals surface area contributed by atoms with Gasteiger partial charge in [-0.25, -0.2) is 0 Å².